The summed E-state index contributed by atoms with van der Waals surface area (Å²) >= 11 is 5.96. The predicted octanol–water partition coefficient (Wildman–Crippen LogP) is 0.163. The Morgan fingerprint density at radius 1 is 1.56 bits per heavy atom. The van der Waals surface area contributed by atoms with Crippen LogP contribution in [0, 0.1) is 5.92 Å². The van der Waals surface area contributed by atoms with Crippen molar-refractivity contribution in [2.24, 2.45) is 18.7 Å². The van der Waals surface area contributed by atoms with Gasteiger partial charge >= 0.3 is 0 Å². The summed E-state index contributed by atoms with van der Waals surface area (Å²) in [5.74, 6) is -0.361. The van der Waals surface area contributed by atoms with E-state index in [1.807, 2.05) is 0 Å². The van der Waals surface area contributed by atoms with E-state index in [0.29, 0.717) is 30.3 Å². The molecule has 18 heavy (non-hydrogen) atoms. The highest BCUT2D eigenvalue weighted by molar-refractivity contribution is 6.33. The number of aromatic nitrogens is 2. The number of carbonyl (C=O) groups is 2. The highest BCUT2D eigenvalue weighted by Crippen LogP contribution is 2.50. The van der Waals surface area contributed by atoms with Crippen molar-refractivity contribution in [2.45, 2.75) is 18.4 Å². The third kappa shape index (κ3) is 1.32. The van der Waals surface area contributed by atoms with Crippen molar-refractivity contribution in [1.82, 2.24) is 14.7 Å². The molecule has 0 unspecified atom stereocenters. The van der Waals surface area contributed by atoms with E-state index in [1.165, 1.54) is 9.58 Å². The van der Waals surface area contributed by atoms with Crippen LogP contribution >= 0.6 is 11.6 Å². The summed E-state index contributed by atoms with van der Waals surface area (Å²) in [5.41, 5.74) is 4.81. The Bertz CT molecular complexity index is 547. The third-order valence-electron chi connectivity index (χ3n) is 3.90. The van der Waals surface area contributed by atoms with Gasteiger partial charge in [-0.1, -0.05) is 11.6 Å². The van der Waals surface area contributed by atoms with Crippen LogP contribution in [0.15, 0.2) is 6.20 Å². The number of hydrogen-bond donors (Lipinski definition) is 1. The van der Waals surface area contributed by atoms with E-state index in [9.17, 15) is 9.59 Å². The Hall–Kier alpha value is -1.56. The quantitative estimate of drug-likeness (QED) is 0.830. The zero-order chi connectivity index (χ0) is 13.1. The maximum atomic E-state index is 12.4. The van der Waals surface area contributed by atoms with Crippen LogP contribution in [0.5, 0.6) is 0 Å². The van der Waals surface area contributed by atoms with Crippen molar-refractivity contribution >= 4 is 23.4 Å². The van der Waals surface area contributed by atoms with Gasteiger partial charge in [0.2, 0.25) is 5.91 Å². The van der Waals surface area contributed by atoms with Crippen molar-refractivity contribution in [3.63, 3.8) is 0 Å². The molecule has 96 valence electrons. The zero-order valence-corrected chi connectivity index (χ0v) is 10.6. The molecule has 2 aliphatic heterocycles. The van der Waals surface area contributed by atoms with Crippen molar-refractivity contribution in [3.8, 4) is 0 Å². The van der Waals surface area contributed by atoms with E-state index < -0.39 is 11.4 Å². The zero-order valence-electron chi connectivity index (χ0n) is 9.89. The van der Waals surface area contributed by atoms with Gasteiger partial charge in [-0.25, -0.2) is 0 Å². The molecule has 2 amide bonds. The Labute approximate surface area is 109 Å². The molecule has 2 bridgehead atoms. The molecule has 1 saturated carbocycles. The van der Waals surface area contributed by atoms with Gasteiger partial charge in [-0.2, -0.15) is 5.10 Å². The second-order valence-corrected chi connectivity index (χ2v) is 5.49. The molecular formula is C11H13ClN4O2. The van der Waals surface area contributed by atoms with E-state index >= 15 is 0 Å². The highest BCUT2D eigenvalue weighted by atomic mass is 35.5. The fraction of sp³-hybridized carbons (Fsp3) is 0.545. The lowest BCUT2D eigenvalue weighted by atomic mass is 9.73. The smallest absolute Gasteiger partial charge is 0.276 e. The number of fused-ring (bicyclic) bond motifs is 1. The predicted molar refractivity (Wildman–Crippen MR) is 63.9 cm³/mol. The van der Waals surface area contributed by atoms with E-state index in [-0.39, 0.29) is 11.6 Å². The van der Waals surface area contributed by atoms with Crippen LogP contribution in [0.25, 0.3) is 0 Å². The molecule has 2 N–H and O–H groups in total. The number of halogens is 1. The second-order valence-electron chi connectivity index (χ2n) is 5.09. The van der Waals surface area contributed by atoms with Gasteiger partial charge in [0, 0.05) is 19.8 Å². The lowest BCUT2D eigenvalue weighted by molar-refractivity contribution is -0.129. The summed E-state index contributed by atoms with van der Waals surface area (Å²) in [6.07, 6.45) is 2.89. The Kier molecular flexibility index (Phi) is 2.22. The van der Waals surface area contributed by atoms with Crippen LogP contribution in [0.3, 0.4) is 0 Å². The number of carbonyl (C=O) groups excluding carboxylic acids is 2. The SMILES string of the molecule is Cn1cc(Cl)c(C(=O)N2CC3CC2(C(N)=O)C3)n1. The number of amides is 2. The molecule has 1 aromatic heterocycles. The number of aryl methyl sites for hydroxylation is 1. The first-order valence-corrected chi connectivity index (χ1v) is 6.13. The largest absolute Gasteiger partial charge is 0.368 e. The Morgan fingerprint density at radius 3 is 2.72 bits per heavy atom. The Balaban J connectivity index is 1.94. The molecule has 7 heteroatoms. The maximum Gasteiger partial charge on any atom is 0.276 e. The standard InChI is InChI=1S/C11H13ClN4O2/c1-15-5-7(12)8(14-15)9(17)16-4-6-2-11(16,3-6)10(13)18/h5-6H,2-4H2,1H3,(H2,13,18). The first-order chi connectivity index (χ1) is 8.44. The molecule has 4 rings (SSSR count). The van der Waals surface area contributed by atoms with Crippen LogP contribution in [-0.4, -0.2) is 38.6 Å². The molecule has 3 heterocycles. The van der Waals surface area contributed by atoms with Gasteiger partial charge in [0.15, 0.2) is 5.69 Å². The topological polar surface area (TPSA) is 81.2 Å². The fourth-order valence-corrected chi connectivity index (χ4v) is 3.28. The first-order valence-electron chi connectivity index (χ1n) is 5.75. The van der Waals surface area contributed by atoms with E-state index in [0.717, 1.165) is 0 Å². The van der Waals surface area contributed by atoms with Crippen molar-refractivity contribution < 1.29 is 9.59 Å². The molecule has 0 spiro atoms. The minimum atomic E-state index is -0.803. The molecule has 0 aromatic carbocycles. The molecule has 2 saturated heterocycles. The fourth-order valence-electron chi connectivity index (χ4n) is 3.02. The summed E-state index contributed by atoms with van der Waals surface area (Å²) in [4.78, 5) is 25.5. The maximum absolute atomic E-state index is 12.4. The van der Waals surface area contributed by atoms with Crippen molar-refractivity contribution in [2.75, 3.05) is 6.54 Å². The van der Waals surface area contributed by atoms with Crippen molar-refractivity contribution in [1.29, 1.82) is 0 Å². The van der Waals surface area contributed by atoms with Gasteiger partial charge in [-0.15, -0.1) is 0 Å². The number of nitrogens with two attached hydrogens (primary N) is 1. The van der Waals surface area contributed by atoms with Gasteiger partial charge in [0.25, 0.3) is 5.91 Å². The van der Waals surface area contributed by atoms with Crippen LogP contribution in [0.1, 0.15) is 23.3 Å². The average molecular weight is 269 g/mol. The van der Waals surface area contributed by atoms with Crippen LogP contribution in [-0.2, 0) is 11.8 Å². The second kappa shape index (κ2) is 3.47. The molecule has 6 nitrogen and oxygen atoms in total. The number of nitrogens with zero attached hydrogens (tertiary/aromatic N) is 3. The summed E-state index contributed by atoms with van der Waals surface area (Å²) in [6, 6.07) is 0. The number of primary amides is 1. The summed E-state index contributed by atoms with van der Waals surface area (Å²) < 4.78 is 1.48. The lowest BCUT2D eigenvalue weighted by Crippen LogP contribution is -2.57. The molecule has 3 aliphatic rings. The van der Waals surface area contributed by atoms with Crippen LogP contribution in [0.2, 0.25) is 5.02 Å². The summed E-state index contributed by atoms with van der Waals surface area (Å²) in [6.45, 7) is 0.564. The minimum Gasteiger partial charge on any atom is -0.368 e. The van der Waals surface area contributed by atoms with Gasteiger partial charge in [-0.05, 0) is 18.8 Å². The van der Waals surface area contributed by atoms with Crippen LogP contribution in [0.4, 0.5) is 0 Å². The minimum absolute atomic E-state index is 0.187. The van der Waals surface area contributed by atoms with E-state index in [2.05, 4.69) is 5.10 Å². The molecular weight excluding hydrogens is 256 g/mol. The average Bonchev–Trinajstić information content (AvgIpc) is 2.86. The number of hydrogen-bond acceptors (Lipinski definition) is 3. The Morgan fingerprint density at radius 2 is 2.22 bits per heavy atom. The highest BCUT2D eigenvalue weighted by Gasteiger charge is 2.62. The monoisotopic (exact) mass is 268 g/mol. The van der Waals surface area contributed by atoms with E-state index in [1.54, 1.807) is 13.2 Å². The lowest BCUT2D eigenvalue weighted by Gasteiger charge is -2.38. The normalized spacial score (nSPS) is 29.2. The van der Waals surface area contributed by atoms with Gasteiger partial charge < -0.3 is 10.6 Å². The molecule has 0 atom stereocenters. The summed E-state index contributed by atoms with van der Waals surface area (Å²) in [7, 11) is 1.69. The molecule has 0 radical (unpaired) electrons. The molecule has 1 aromatic rings. The van der Waals surface area contributed by atoms with Gasteiger partial charge in [0.1, 0.15) is 5.54 Å². The van der Waals surface area contributed by atoms with Gasteiger partial charge in [0.05, 0.1) is 5.02 Å². The molecule has 3 fully saturated rings. The van der Waals surface area contributed by atoms with Crippen molar-refractivity contribution in [3.05, 3.63) is 16.9 Å². The first kappa shape index (κ1) is 11.5. The van der Waals surface area contributed by atoms with E-state index in [4.69, 9.17) is 17.3 Å². The molecule has 1 aliphatic carbocycles. The third-order valence-corrected chi connectivity index (χ3v) is 4.18. The van der Waals surface area contributed by atoms with Gasteiger partial charge in [-0.3, -0.25) is 14.3 Å². The van der Waals surface area contributed by atoms with Crippen LogP contribution < -0.4 is 5.73 Å². The summed E-state index contributed by atoms with van der Waals surface area (Å²) in [5, 5.41) is 4.34. The number of rotatable bonds is 2.